The van der Waals surface area contributed by atoms with E-state index in [9.17, 15) is 19.8 Å². The third-order valence-electron chi connectivity index (χ3n) is 5.41. The Labute approximate surface area is 173 Å². The Morgan fingerprint density at radius 3 is 2.86 bits per heavy atom. The molecule has 3 heterocycles. The van der Waals surface area contributed by atoms with Crippen molar-refractivity contribution in [3.8, 4) is 6.07 Å². The number of carbonyl (C=O) groups excluding carboxylic acids is 1. The average Bonchev–Trinajstić information content (AvgIpc) is 2.95. The minimum atomic E-state index is -1.13. The van der Waals surface area contributed by atoms with Crippen LogP contribution in [0.5, 0.6) is 0 Å². The highest BCUT2D eigenvalue weighted by Crippen LogP contribution is 2.52. The van der Waals surface area contributed by atoms with Crippen LogP contribution in [0.15, 0.2) is 35.1 Å². The van der Waals surface area contributed by atoms with Crippen molar-refractivity contribution in [3.63, 3.8) is 0 Å². The van der Waals surface area contributed by atoms with Crippen molar-refractivity contribution < 1.29 is 19.8 Å². The SMILES string of the molecule is C[C@@H](O)[C@H]1C(=O)N2C(C(=O)O)=C(SCc3cccnc3)[C@H](CCN(C)CC#N)[C@H]12. The van der Waals surface area contributed by atoms with Crippen LogP contribution >= 0.6 is 11.8 Å². The number of aromatic nitrogens is 1. The third-order valence-corrected chi connectivity index (χ3v) is 6.70. The summed E-state index contributed by atoms with van der Waals surface area (Å²) >= 11 is 1.41. The van der Waals surface area contributed by atoms with Gasteiger partial charge in [0, 0.05) is 29.0 Å². The Balaban J connectivity index is 1.89. The minimum absolute atomic E-state index is 0.0266. The lowest BCUT2D eigenvalue weighted by Crippen LogP contribution is -2.64. The number of carboxylic acids is 1. The van der Waals surface area contributed by atoms with Gasteiger partial charge in [-0.15, -0.1) is 11.8 Å². The van der Waals surface area contributed by atoms with E-state index in [-0.39, 0.29) is 30.1 Å². The topological polar surface area (TPSA) is 118 Å². The molecule has 154 valence electrons. The van der Waals surface area contributed by atoms with Gasteiger partial charge in [0.1, 0.15) is 5.70 Å². The largest absolute Gasteiger partial charge is 0.477 e. The van der Waals surface area contributed by atoms with E-state index in [1.165, 1.54) is 16.7 Å². The molecule has 0 saturated carbocycles. The van der Waals surface area contributed by atoms with Gasteiger partial charge in [-0.3, -0.25) is 14.7 Å². The first kappa shape index (κ1) is 21.3. The van der Waals surface area contributed by atoms with Crippen molar-refractivity contribution in [1.82, 2.24) is 14.8 Å². The number of carboxylic acid groups (broad SMARTS) is 1. The smallest absolute Gasteiger partial charge is 0.353 e. The van der Waals surface area contributed by atoms with E-state index in [1.54, 1.807) is 19.3 Å². The normalized spacial score (nSPS) is 24.3. The lowest BCUT2D eigenvalue weighted by Gasteiger charge is -2.47. The zero-order valence-electron chi connectivity index (χ0n) is 16.4. The lowest BCUT2D eigenvalue weighted by molar-refractivity contribution is -0.163. The Kier molecular flexibility index (Phi) is 6.57. The van der Waals surface area contributed by atoms with Crippen molar-refractivity contribution >= 4 is 23.6 Å². The summed E-state index contributed by atoms with van der Waals surface area (Å²) in [7, 11) is 1.83. The molecular weight excluding hydrogens is 392 g/mol. The molecule has 0 unspecified atom stereocenters. The first-order chi connectivity index (χ1) is 13.9. The van der Waals surface area contributed by atoms with E-state index >= 15 is 0 Å². The summed E-state index contributed by atoms with van der Waals surface area (Å²) in [6, 6.07) is 5.48. The fourth-order valence-corrected chi connectivity index (χ4v) is 5.34. The number of nitrogens with zero attached hydrogens (tertiary/aromatic N) is 4. The maximum absolute atomic E-state index is 12.6. The molecule has 0 radical (unpaired) electrons. The average molecular weight is 417 g/mol. The first-order valence-corrected chi connectivity index (χ1v) is 10.4. The molecular formula is C20H24N4O4S. The van der Waals surface area contributed by atoms with Crippen LogP contribution in [0.2, 0.25) is 0 Å². The summed E-state index contributed by atoms with van der Waals surface area (Å²) in [5, 5.41) is 28.8. The van der Waals surface area contributed by atoms with Crippen LogP contribution in [0.4, 0.5) is 0 Å². The van der Waals surface area contributed by atoms with Crippen molar-refractivity contribution in [1.29, 1.82) is 5.26 Å². The Hall–Kier alpha value is -2.41. The number of fused-ring (bicyclic) bond motifs is 1. The quantitative estimate of drug-likeness (QED) is 0.457. The van der Waals surface area contributed by atoms with Crippen molar-refractivity contribution in [2.24, 2.45) is 11.8 Å². The predicted molar refractivity (Wildman–Crippen MR) is 107 cm³/mol. The zero-order valence-corrected chi connectivity index (χ0v) is 17.2. The Morgan fingerprint density at radius 2 is 2.28 bits per heavy atom. The van der Waals surface area contributed by atoms with Crippen molar-refractivity contribution in [2.45, 2.75) is 31.2 Å². The van der Waals surface area contributed by atoms with Crippen molar-refractivity contribution in [3.05, 3.63) is 40.7 Å². The van der Waals surface area contributed by atoms with E-state index in [2.05, 4.69) is 11.1 Å². The minimum Gasteiger partial charge on any atom is -0.477 e. The molecule has 1 amide bonds. The number of nitriles is 1. The molecule has 29 heavy (non-hydrogen) atoms. The summed E-state index contributed by atoms with van der Waals surface area (Å²) in [6.07, 6.45) is 3.16. The van der Waals surface area contributed by atoms with E-state index in [0.29, 0.717) is 23.6 Å². The molecule has 3 rings (SSSR count). The molecule has 2 aliphatic heterocycles. The number of pyridine rings is 1. The molecule has 4 atom stereocenters. The number of rotatable bonds is 9. The van der Waals surface area contributed by atoms with Gasteiger partial charge in [-0.25, -0.2) is 4.79 Å². The van der Waals surface area contributed by atoms with Crippen LogP contribution in [0, 0.1) is 23.2 Å². The molecule has 0 aliphatic carbocycles. The standard InChI is InChI=1S/C20H24N4O4S/c1-12(25)15-16-14(5-8-23(2)9-6-21)18(17(20(27)28)24(16)19(15)26)29-11-13-4-3-7-22-10-13/h3-4,7,10,12,14-16,25H,5,8-9,11H2,1-2H3,(H,27,28)/t12-,14-,15-,16-/m1/s1. The summed E-state index contributed by atoms with van der Waals surface area (Å²) < 4.78 is 0. The van der Waals surface area contributed by atoms with E-state index in [0.717, 1.165) is 5.56 Å². The van der Waals surface area contributed by atoms with Gasteiger partial charge in [-0.2, -0.15) is 5.26 Å². The number of hydrogen-bond acceptors (Lipinski definition) is 7. The van der Waals surface area contributed by atoms with E-state index in [4.69, 9.17) is 5.26 Å². The number of carbonyl (C=O) groups is 2. The second-order valence-electron chi connectivity index (χ2n) is 7.42. The zero-order chi connectivity index (χ0) is 21.1. The van der Waals surface area contributed by atoms with Gasteiger partial charge in [-0.1, -0.05) is 6.07 Å². The van der Waals surface area contributed by atoms with Gasteiger partial charge in [0.2, 0.25) is 5.91 Å². The van der Waals surface area contributed by atoms with Crippen LogP contribution in [0.1, 0.15) is 18.9 Å². The summed E-state index contributed by atoms with van der Waals surface area (Å²) in [6.45, 7) is 2.43. The molecule has 1 aromatic heterocycles. The number of aliphatic hydroxyl groups is 1. The number of hydrogen-bond donors (Lipinski definition) is 2. The Bertz CT molecular complexity index is 852. The summed E-state index contributed by atoms with van der Waals surface area (Å²) in [5.74, 6) is -1.73. The number of amides is 1. The molecule has 2 N–H and O–H groups in total. The first-order valence-electron chi connectivity index (χ1n) is 9.42. The van der Waals surface area contributed by atoms with Crippen LogP contribution in [-0.2, 0) is 15.3 Å². The second kappa shape index (κ2) is 8.95. The van der Waals surface area contributed by atoms with Crippen LogP contribution < -0.4 is 0 Å². The van der Waals surface area contributed by atoms with Gasteiger partial charge in [0.05, 0.1) is 30.7 Å². The molecule has 1 fully saturated rings. The maximum atomic E-state index is 12.6. The van der Waals surface area contributed by atoms with Crippen LogP contribution in [0.25, 0.3) is 0 Å². The highest BCUT2D eigenvalue weighted by molar-refractivity contribution is 8.02. The molecule has 1 saturated heterocycles. The molecule has 0 bridgehead atoms. The Morgan fingerprint density at radius 1 is 1.52 bits per heavy atom. The second-order valence-corrected chi connectivity index (χ2v) is 8.44. The molecule has 0 aromatic carbocycles. The van der Waals surface area contributed by atoms with Gasteiger partial charge in [-0.05, 0) is 38.6 Å². The van der Waals surface area contributed by atoms with Gasteiger partial charge < -0.3 is 15.1 Å². The highest BCUT2D eigenvalue weighted by Gasteiger charge is 2.60. The molecule has 1 aromatic rings. The molecule has 8 nitrogen and oxygen atoms in total. The summed E-state index contributed by atoms with van der Waals surface area (Å²) in [5.41, 5.74) is 0.987. The molecule has 0 spiro atoms. The third kappa shape index (κ3) is 4.15. The predicted octanol–water partition coefficient (Wildman–Crippen LogP) is 1.29. The molecule has 2 aliphatic rings. The summed E-state index contributed by atoms with van der Waals surface area (Å²) in [4.78, 5) is 32.6. The maximum Gasteiger partial charge on any atom is 0.353 e. The fourth-order valence-electron chi connectivity index (χ4n) is 4.05. The highest BCUT2D eigenvalue weighted by atomic mass is 32.2. The van der Waals surface area contributed by atoms with Crippen LogP contribution in [-0.4, -0.2) is 69.2 Å². The number of aliphatic carboxylic acids is 1. The van der Waals surface area contributed by atoms with Crippen molar-refractivity contribution in [2.75, 3.05) is 20.1 Å². The van der Waals surface area contributed by atoms with Gasteiger partial charge >= 0.3 is 5.97 Å². The van der Waals surface area contributed by atoms with E-state index < -0.39 is 18.0 Å². The molecule has 9 heteroatoms. The lowest BCUT2D eigenvalue weighted by atomic mass is 9.77. The van der Waals surface area contributed by atoms with Gasteiger partial charge in [0.25, 0.3) is 0 Å². The number of thioether (sulfide) groups is 1. The van der Waals surface area contributed by atoms with Crippen LogP contribution in [0.3, 0.4) is 0 Å². The fraction of sp³-hybridized carbons (Fsp3) is 0.500. The monoisotopic (exact) mass is 416 g/mol. The number of β-lactam (4-membered cyclic amide) rings is 1. The number of aliphatic hydroxyl groups excluding tert-OH is 1. The van der Waals surface area contributed by atoms with E-state index in [1.807, 2.05) is 24.1 Å². The van der Waals surface area contributed by atoms with Gasteiger partial charge in [0.15, 0.2) is 0 Å².